The van der Waals surface area contributed by atoms with Gasteiger partial charge in [-0.3, -0.25) is 0 Å². The van der Waals surface area contributed by atoms with E-state index >= 15 is 0 Å². The van der Waals surface area contributed by atoms with Gasteiger partial charge in [-0.15, -0.1) is 0 Å². The lowest BCUT2D eigenvalue weighted by atomic mass is 9.41. The van der Waals surface area contributed by atoms with Crippen LogP contribution in [0, 0.1) is 28.6 Å². The lowest BCUT2D eigenvalue weighted by Gasteiger charge is -2.65. The van der Waals surface area contributed by atoms with Gasteiger partial charge >= 0.3 is 5.97 Å². The van der Waals surface area contributed by atoms with Crippen LogP contribution in [0.2, 0.25) is 0 Å². The summed E-state index contributed by atoms with van der Waals surface area (Å²) in [6, 6.07) is 0. The predicted molar refractivity (Wildman–Crippen MR) is 138 cm³/mol. The highest BCUT2D eigenvalue weighted by Gasteiger charge is 2.71. The SMILES string of the molecule is CO[C@H]1C[C@H](O[C@H]2CC[C@]3(C=O)C4CC[C@]5(C)[C@@H](C6=CC(=O)OC6)CC[C@]5(O)C4CC[C@]3(O)C2)O[C@H](C)[C@H]1O. The van der Waals surface area contributed by atoms with E-state index in [1.54, 1.807) is 20.1 Å². The number of rotatable bonds is 5. The molecule has 1 saturated heterocycles. The first kappa shape index (κ1) is 27.8. The molecule has 39 heavy (non-hydrogen) atoms. The standard InChI is InChI=1S/C30H44O9/c1-17-26(33)23(36-3)13-25(38-17)39-19-4-9-28(16-31)21-5-8-27(2)20(18-12-24(32)37-15-18)7-11-30(27,35)22(21)6-10-29(28,34)14-19/h12,16-17,19-23,25-26,33-35H,4-11,13-15H2,1-3H3/t17-,19+,20-,21?,22?,23+,25+,26-,27-,28+,29+,30+/m1/s1. The van der Waals surface area contributed by atoms with Gasteiger partial charge in [-0.25, -0.2) is 4.79 Å². The Kier molecular flexibility index (Phi) is 6.84. The number of hydrogen-bond acceptors (Lipinski definition) is 9. The maximum atomic E-state index is 13.0. The minimum absolute atomic E-state index is 0.0827. The molecule has 4 aliphatic carbocycles. The van der Waals surface area contributed by atoms with Crippen molar-refractivity contribution in [2.75, 3.05) is 13.7 Å². The number of ether oxygens (including phenoxy) is 4. The topological polar surface area (TPSA) is 132 Å². The van der Waals surface area contributed by atoms with E-state index in [4.69, 9.17) is 18.9 Å². The van der Waals surface area contributed by atoms with Crippen LogP contribution in [0.3, 0.4) is 0 Å². The third-order valence-corrected chi connectivity index (χ3v) is 12.1. The van der Waals surface area contributed by atoms with E-state index < -0.39 is 40.5 Å². The van der Waals surface area contributed by atoms with Crippen LogP contribution in [0.1, 0.15) is 78.1 Å². The summed E-state index contributed by atoms with van der Waals surface area (Å²) < 4.78 is 22.9. The van der Waals surface area contributed by atoms with Crippen LogP contribution < -0.4 is 0 Å². The Morgan fingerprint density at radius 2 is 1.85 bits per heavy atom. The summed E-state index contributed by atoms with van der Waals surface area (Å²) in [5.41, 5.74) is -2.52. The van der Waals surface area contributed by atoms with Crippen LogP contribution in [0.5, 0.6) is 0 Å². The molecule has 0 spiro atoms. The molecule has 2 heterocycles. The Labute approximate surface area is 230 Å². The minimum Gasteiger partial charge on any atom is -0.458 e. The molecular weight excluding hydrogens is 504 g/mol. The van der Waals surface area contributed by atoms with Crippen molar-refractivity contribution in [1.82, 2.24) is 0 Å². The number of methoxy groups -OCH3 is 1. The molecule has 6 aliphatic rings. The largest absolute Gasteiger partial charge is 0.458 e. The van der Waals surface area contributed by atoms with Crippen molar-refractivity contribution in [3.63, 3.8) is 0 Å². The summed E-state index contributed by atoms with van der Waals surface area (Å²) in [4.78, 5) is 24.8. The fraction of sp³-hybridized carbons (Fsp3) is 0.867. The van der Waals surface area contributed by atoms with E-state index in [1.807, 2.05) is 0 Å². The molecule has 9 heteroatoms. The summed E-state index contributed by atoms with van der Waals surface area (Å²) in [5, 5.41) is 34.8. The molecule has 2 aliphatic heterocycles. The average Bonchev–Trinajstić information content (AvgIpc) is 3.45. The van der Waals surface area contributed by atoms with Crippen LogP contribution in [0.4, 0.5) is 0 Å². The molecule has 3 N–H and O–H groups in total. The van der Waals surface area contributed by atoms with Crippen molar-refractivity contribution in [2.45, 2.75) is 120 Å². The van der Waals surface area contributed by atoms with E-state index in [0.717, 1.165) is 31.1 Å². The molecule has 4 saturated carbocycles. The van der Waals surface area contributed by atoms with Gasteiger partial charge in [0.15, 0.2) is 6.29 Å². The normalized spacial score (nSPS) is 53.3. The molecule has 6 rings (SSSR count). The Balaban J connectivity index is 1.21. The van der Waals surface area contributed by atoms with Gasteiger partial charge in [0.05, 0.1) is 34.9 Å². The molecule has 12 atom stereocenters. The average molecular weight is 549 g/mol. The number of aliphatic hydroxyl groups excluding tert-OH is 1. The Morgan fingerprint density at radius 3 is 2.54 bits per heavy atom. The third kappa shape index (κ3) is 3.94. The number of fused-ring (bicyclic) bond motifs is 5. The van der Waals surface area contributed by atoms with Crippen molar-refractivity contribution in [3.05, 3.63) is 11.6 Å². The van der Waals surface area contributed by atoms with Gasteiger partial charge in [0.25, 0.3) is 0 Å². The maximum absolute atomic E-state index is 13.0. The number of hydrogen-bond donors (Lipinski definition) is 3. The molecule has 0 aromatic heterocycles. The van der Waals surface area contributed by atoms with E-state index in [-0.39, 0.29) is 35.9 Å². The molecule has 0 aromatic rings. The molecule has 0 amide bonds. The van der Waals surface area contributed by atoms with Crippen molar-refractivity contribution < 1.29 is 43.9 Å². The smallest absolute Gasteiger partial charge is 0.331 e. The van der Waals surface area contributed by atoms with Gasteiger partial charge in [0.2, 0.25) is 0 Å². The highest BCUT2D eigenvalue weighted by molar-refractivity contribution is 5.85. The van der Waals surface area contributed by atoms with Crippen LogP contribution in [-0.2, 0) is 28.5 Å². The Morgan fingerprint density at radius 1 is 1.08 bits per heavy atom. The molecule has 9 nitrogen and oxygen atoms in total. The summed E-state index contributed by atoms with van der Waals surface area (Å²) in [6.07, 6.45) is 6.10. The maximum Gasteiger partial charge on any atom is 0.331 e. The molecule has 218 valence electrons. The minimum atomic E-state index is -1.21. The fourth-order valence-corrected chi connectivity index (χ4v) is 9.98. The number of esters is 1. The Hall–Kier alpha value is -1.36. The van der Waals surface area contributed by atoms with Crippen molar-refractivity contribution in [1.29, 1.82) is 0 Å². The summed E-state index contributed by atoms with van der Waals surface area (Å²) in [5.74, 6) is -0.420. The van der Waals surface area contributed by atoms with Crippen LogP contribution in [0.25, 0.3) is 0 Å². The second-order valence-corrected chi connectivity index (χ2v) is 13.5. The van der Waals surface area contributed by atoms with Gasteiger partial charge in [0.1, 0.15) is 19.0 Å². The second-order valence-electron chi connectivity index (χ2n) is 13.5. The first-order valence-corrected chi connectivity index (χ1v) is 14.8. The van der Waals surface area contributed by atoms with Gasteiger partial charge in [-0.1, -0.05) is 6.92 Å². The monoisotopic (exact) mass is 548 g/mol. The molecule has 2 unspecified atom stereocenters. The summed E-state index contributed by atoms with van der Waals surface area (Å²) in [6.45, 7) is 4.25. The van der Waals surface area contributed by atoms with Gasteiger partial charge < -0.3 is 39.1 Å². The zero-order chi connectivity index (χ0) is 27.8. The number of carbonyl (C=O) groups is 2. The van der Waals surface area contributed by atoms with E-state index in [2.05, 4.69) is 6.92 Å². The van der Waals surface area contributed by atoms with Crippen LogP contribution >= 0.6 is 0 Å². The number of aldehydes is 1. The van der Waals surface area contributed by atoms with Gasteiger partial charge in [-0.2, -0.15) is 0 Å². The summed E-state index contributed by atoms with van der Waals surface area (Å²) >= 11 is 0. The molecular formula is C30H44O9. The first-order valence-electron chi connectivity index (χ1n) is 14.8. The predicted octanol–water partition coefficient (Wildman–Crippen LogP) is 2.43. The fourth-order valence-electron chi connectivity index (χ4n) is 9.98. The summed E-state index contributed by atoms with van der Waals surface area (Å²) in [7, 11) is 1.57. The van der Waals surface area contributed by atoms with Crippen LogP contribution in [-0.4, -0.2) is 83.2 Å². The van der Waals surface area contributed by atoms with E-state index in [1.165, 1.54) is 0 Å². The first-order chi connectivity index (χ1) is 18.5. The molecule has 0 aromatic carbocycles. The lowest BCUT2D eigenvalue weighted by molar-refractivity contribution is -0.287. The second kappa shape index (κ2) is 9.60. The van der Waals surface area contributed by atoms with Gasteiger partial charge in [0, 0.05) is 31.4 Å². The quantitative estimate of drug-likeness (QED) is 0.269. The zero-order valence-corrected chi connectivity index (χ0v) is 23.3. The number of cyclic esters (lactones) is 1. The van der Waals surface area contributed by atoms with Crippen molar-refractivity contribution in [2.24, 2.45) is 28.6 Å². The van der Waals surface area contributed by atoms with Crippen molar-refractivity contribution in [3.8, 4) is 0 Å². The Bertz CT molecular complexity index is 1030. The molecule has 0 radical (unpaired) electrons. The number of carbonyl (C=O) groups excluding carboxylic acids is 2. The van der Waals surface area contributed by atoms with E-state index in [0.29, 0.717) is 51.6 Å². The number of aliphatic hydroxyl groups is 3. The van der Waals surface area contributed by atoms with Gasteiger partial charge in [-0.05, 0) is 81.6 Å². The molecule has 0 bridgehead atoms. The van der Waals surface area contributed by atoms with Crippen LogP contribution in [0.15, 0.2) is 11.6 Å². The van der Waals surface area contributed by atoms with E-state index in [9.17, 15) is 24.9 Å². The highest BCUT2D eigenvalue weighted by atomic mass is 16.7. The highest BCUT2D eigenvalue weighted by Crippen LogP contribution is 2.70. The van der Waals surface area contributed by atoms with Crippen molar-refractivity contribution >= 4 is 12.3 Å². The zero-order valence-electron chi connectivity index (χ0n) is 23.3. The third-order valence-electron chi connectivity index (χ3n) is 12.1. The lowest BCUT2D eigenvalue weighted by Crippen LogP contribution is -2.69. The molecule has 5 fully saturated rings.